The van der Waals surface area contributed by atoms with Gasteiger partial charge in [-0.15, -0.1) is 0 Å². The zero-order valence-electron chi connectivity index (χ0n) is 10.1. The van der Waals surface area contributed by atoms with Crippen molar-refractivity contribution < 1.29 is 0 Å². The summed E-state index contributed by atoms with van der Waals surface area (Å²) < 4.78 is 0. The third kappa shape index (κ3) is 3.49. The third-order valence-corrected chi connectivity index (χ3v) is 4.38. The van der Waals surface area contributed by atoms with E-state index in [1.165, 1.54) is 0 Å². The maximum absolute atomic E-state index is 6.14. The van der Waals surface area contributed by atoms with Crippen LogP contribution in [-0.2, 0) is 6.54 Å². The van der Waals surface area contributed by atoms with E-state index < -0.39 is 0 Å². The Morgan fingerprint density at radius 3 is 2.26 bits per heavy atom. The van der Waals surface area contributed by atoms with Crippen molar-refractivity contribution in [3.63, 3.8) is 0 Å². The molecule has 100 valence electrons. The van der Waals surface area contributed by atoms with Crippen LogP contribution in [0.5, 0.6) is 0 Å². The molecular formula is C14H11Cl4N. The lowest BCUT2D eigenvalue weighted by Gasteiger charge is -2.11. The minimum Gasteiger partial charge on any atom is -0.381 e. The normalized spacial score (nSPS) is 10.6. The molecule has 0 aliphatic heterocycles. The van der Waals surface area contributed by atoms with E-state index in [4.69, 9.17) is 46.4 Å². The standard InChI is InChI=1S/C14H11Cl4N/c1-8-2-3-9(6-13(8)17)19-7-10-11(15)4-5-12(16)14(10)18/h2-6,19H,7H2,1H3. The highest BCUT2D eigenvalue weighted by molar-refractivity contribution is 6.44. The highest BCUT2D eigenvalue weighted by atomic mass is 35.5. The Labute approximate surface area is 132 Å². The molecule has 0 saturated heterocycles. The van der Waals surface area contributed by atoms with Gasteiger partial charge in [-0.05, 0) is 36.8 Å². The van der Waals surface area contributed by atoms with Crippen LogP contribution in [0.4, 0.5) is 5.69 Å². The monoisotopic (exact) mass is 333 g/mol. The van der Waals surface area contributed by atoms with Crippen LogP contribution in [0.3, 0.4) is 0 Å². The predicted octanol–water partition coefficient (Wildman–Crippen LogP) is 6.22. The SMILES string of the molecule is Cc1ccc(NCc2c(Cl)ccc(Cl)c2Cl)cc1Cl. The molecule has 0 aromatic heterocycles. The van der Waals surface area contributed by atoms with Gasteiger partial charge in [0.25, 0.3) is 0 Å². The van der Waals surface area contributed by atoms with E-state index in [0.29, 0.717) is 26.6 Å². The zero-order valence-corrected chi connectivity index (χ0v) is 13.1. The number of benzene rings is 2. The van der Waals surface area contributed by atoms with Crippen LogP contribution >= 0.6 is 46.4 Å². The van der Waals surface area contributed by atoms with Gasteiger partial charge in [-0.2, -0.15) is 0 Å². The van der Waals surface area contributed by atoms with Crippen molar-refractivity contribution in [1.29, 1.82) is 0 Å². The summed E-state index contributed by atoms with van der Waals surface area (Å²) >= 11 is 24.3. The van der Waals surface area contributed by atoms with E-state index in [0.717, 1.165) is 16.8 Å². The lowest BCUT2D eigenvalue weighted by Crippen LogP contribution is -2.01. The topological polar surface area (TPSA) is 12.0 Å². The maximum atomic E-state index is 6.14. The molecule has 19 heavy (non-hydrogen) atoms. The number of halogens is 4. The molecule has 2 aromatic rings. The molecule has 0 aliphatic carbocycles. The molecule has 0 aliphatic rings. The smallest absolute Gasteiger partial charge is 0.0657 e. The number of anilines is 1. The molecule has 2 rings (SSSR count). The fraction of sp³-hybridized carbons (Fsp3) is 0.143. The number of hydrogen-bond acceptors (Lipinski definition) is 1. The van der Waals surface area contributed by atoms with E-state index in [1.807, 2.05) is 25.1 Å². The first-order valence-electron chi connectivity index (χ1n) is 5.61. The van der Waals surface area contributed by atoms with Crippen LogP contribution in [0, 0.1) is 6.92 Å². The average molecular weight is 335 g/mol. The lowest BCUT2D eigenvalue weighted by molar-refractivity contribution is 1.15. The minimum absolute atomic E-state index is 0.472. The summed E-state index contributed by atoms with van der Waals surface area (Å²) in [4.78, 5) is 0. The average Bonchev–Trinajstić information content (AvgIpc) is 2.38. The molecule has 0 amide bonds. The maximum Gasteiger partial charge on any atom is 0.0657 e. The number of hydrogen-bond donors (Lipinski definition) is 1. The van der Waals surface area contributed by atoms with Crippen LogP contribution in [0.1, 0.15) is 11.1 Å². The van der Waals surface area contributed by atoms with Gasteiger partial charge in [0.1, 0.15) is 0 Å². The summed E-state index contributed by atoms with van der Waals surface area (Å²) in [5.41, 5.74) is 2.71. The molecule has 2 aromatic carbocycles. The van der Waals surface area contributed by atoms with Crippen molar-refractivity contribution in [3.8, 4) is 0 Å². The molecule has 5 heteroatoms. The summed E-state index contributed by atoms with van der Waals surface area (Å²) in [6, 6.07) is 9.18. The Kier molecular flexibility index (Phi) is 4.86. The predicted molar refractivity (Wildman–Crippen MR) is 85.0 cm³/mol. The fourth-order valence-corrected chi connectivity index (χ4v) is 2.49. The molecule has 0 atom stereocenters. The first kappa shape index (κ1) is 14.8. The second-order valence-electron chi connectivity index (χ2n) is 4.14. The van der Waals surface area contributed by atoms with Gasteiger partial charge < -0.3 is 5.32 Å². The van der Waals surface area contributed by atoms with Gasteiger partial charge in [-0.25, -0.2) is 0 Å². The van der Waals surface area contributed by atoms with Crippen molar-refractivity contribution in [2.75, 3.05) is 5.32 Å². The van der Waals surface area contributed by atoms with Gasteiger partial charge >= 0.3 is 0 Å². The molecule has 0 heterocycles. The quantitative estimate of drug-likeness (QED) is 0.657. The Hall–Kier alpha value is -0.600. The number of rotatable bonds is 3. The lowest BCUT2D eigenvalue weighted by atomic mass is 10.2. The van der Waals surface area contributed by atoms with Crippen LogP contribution in [-0.4, -0.2) is 0 Å². The summed E-state index contributed by atoms with van der Waals surface area (Å²) in [5, 5.41) is 5.49. The minimum atomic E-state index is 0.472. The van der Waals surface area contributed by atoms with Gasteiger partial charge in [0, 0.05) is 27.8 Å². The van der Waals surface area contributed by atoms with Gasteiger partial charge in [0.15, 0.2) is 0 Å². The molecule has 1 N–H and O–H groups in total. The molecule has 0 spiro atoms. The Morgan fingerprint density at radius 2 is 1.58 bits per heavy atom. The molecule has 0 saturated carbocycles. The summed E-state index contributed by atoms with van der Waals surface area (Å²) in [6.45, 7) is 2.44. The number of nitrogens with one attached hydrogen (secondary N) is 1. The Balaban J connectivity index is 2.19. The highest BCUT2D eigenvalue weighted by Crippen LogP contribution is 2.32. The van der Waals surface area contributed by atoms with E-state index in [9.17, 15) is 0 Å². The van der Waals surface area contributed by atoms with Gasteiger partial charge in [-0.1, -0.05) is 52.5 Å². The molecule has 0 unspecified atom stereocenters. The zero-order chi connectivity index (χ0) is 14.0. The second-order valence-corrected chi connectivity index (χ2v) is 5.74. The Bertz CT molecular complexity index is 611. The van der Waals surface area contributed by atoms with Crippen LogP contribution < -0.4 is 5.32 Å². The largest absolute Gasteiger partial charge is 0.381 e. The Morgan fingerprint density at radius 1 is 0.895 bits per heavy atom. The highest BCUT2D eigenvalue weighted by Gasteiger charge is 2.09. The fourth-order valence-electron chi connectivity index (χ4n) is 1.62. The molecule has 0 bridgehead atoms. The van der Waals surface area contributed by atoms with Gasteiger partial charge in [-0.3, -0.25) is 0 Å². The second kappa shape index (κ2) is 6.23. The van der Waals surface area contributed by atoms with Crippen molar-refractivity contribution in [3.05, 3.63) is 61.5 Å². The van der Waals surface area contributed by atoms with Crippen molar-refractivity contribution in [1.82, 2.24) is 0 Å². The van der Waals surface area contributed by atoms with E-state index in [2.05, 4.69) is 5.32 Å². The third-order valence-electron chi connectivity index (χ3n) is 2.78. The summed E-state index contributed by atoms with van der Waals surface area (Å²) in [5.74, 6) is 0. The van der Waals surface area contributed by atoms with Gasteiger partial charge in [0.2, 0.25) is 0 Å². The van der Waals surface area contributed by atoms with E-state index in [1.54, 1.807) is 12.1 Å². The van der Waals surface area contributed by atoms with Crippen LogP contribution in [0.25, 0.3) is 0 Å². The summed E-state index contributed by atoms with van der Waals surface area (Å²) in [7, 11) is 0. The molecular weight excluding hydrogens is 324 g/mol. The number of aryl methyl sites for hydroxylation is 1. The van der Waals surface area contributed by atoms with E-state index in [-0.39, 0.29) is 0 Å². The van der Waals surface area contributed by atoms with Crippen molar-refractivity contribution >= 4 is 52.1 Å². The van der Waals surface area contributed by atoms with E-state index >= 15 is 0 Å². The first-order valence-corrected chi connectivity index (χ1v) is 7.12. The molecule has 0 radical (unpaired) electrons. The summed E-state index contributed by atoms with van der Waals surface area (Å²) in [6.07, 6.45) is 0. The molecule has 0 fully saturated rings. The van der Waals surface area contributed by atoms with Crippen molar-refractivity contribution in [2.45, 2.75) is 13.5 Å². The first-order chi connectivity index (χ1) is 8.99. The van der Waals surface area contributed by atoms with Crippen LogP contribution in [0.15, 0.2) is 30.3 Å². The van der Waals surface area contributed by atoms with Crippen molar-refractivity contribution in [2.24, 2.45) is 0 Å². The molecule has 1 nitrogen and oxygen atoms in total. The van der Waals surface area contributed by atoms with Crippen LogP contribution in [0.2, 0.25) is 20.1 Å². The van der Waals surface area contributed by atoms with Gasteiger partial charge in [0.05, 0.1) is 10.0 Å².